The van der Waals surface area contributed by atoms with Gasteiger partial charge in [-0.3, -0.25) is 0 Å². The molecular formula is C16H21BrN4OS. The fourth-order valence-corrected chi connectivity index (χ4v) is 4.12. The second-order valence-corrected chi connectivity index (χ2v) is 8.28. The Kier molecular flexibility index (Phi) is 5.50. The quantitative estimate of drug-likeness (QED) is 0.840. The highest BCUT2D eigenvalue weighted by atomic mass is 79.9. The van der Waals surface area contributed by atoms with Crippen molar-refractivity contribution < 1.29 is 5.11 Å². The van der Waals surface area contributed by atoms with Gasteiger partial charge in [-0.1, -0.05) is 0 Å². The molecule has 0 radical (unpaired) electrons. The van der Waals surface area contributed by atoms with Gasteiger partial charge in [-0.15, -0.1) is 11.3 Å². The molecule has 2 aromatic heterocycles. The molecule has 0 spiro atoms. The molecule has 1 unspecified atom stereocenters. The minimum absolute atomic E-state index is 0.251. The van der Waals surface area contributed by atoms with Crippen molar-refractivity contribution in [3.63, 3.8) is 0 Å². The third kappa shape index (κ3) is 4.22. The molecule has 0 aromatic carbocycles. The zero-order valence-corrected chi connectivity index (χ0v) is 15.6. The molecule has 1 N–H and O–H groups in total. The number of aliphatic hydroxyl groups excluding tert-OH is 1. The molecule has 1 fully saturated rings. The van der Waals surface area contributed by atoms with Crippen LogP contribution >= 0.6 is 27.3 Å². The summed E-state index contributed by atoms with van der Waals surface area (Å²) in [5, 5.41) is 11.5. The van der Waals surface area contributed by atoms with Crippen LogP contribution < -0.4 is 9.80 Å². The highest BCUT2D eigenvalue weighted by molar-refractivity contribution is 9.11. The minimum Gasteiger partial charge on any atom is -0.396 e. The average molecular weight is 397 g/mol. The maximum atomic E-state index is 9.39. The van der Waals surface area contributed by atoms with Gasteiger partial charge in [0, 0.05) is 39.4 Å². The average Bonchev–Trinajstić information content (AvgIpc) is 3.00. The van der Waals surface area contributed by atoms with Crippen molar-refractivity contribution in [2.24, 2.45) is 5.92 Å². The van der Waals surface area contributed by atoms with E-state index in [1.54, 1.807) is 17.7 Å². The van der Waals surface area contributed by atoms with Gasteiger partial charge in [0.2, 0.25) is 0 Å². The normalized spacial score (nSPS) is 18.2. The van der Waals surface area contributed by atoms with Crippen LogP contribution in [0.25, 0.3) is 0 Å². The van der Waals surface area contributed by atoms with Crippen LogP contribution in [0.4, 0.5) is 11.6 Å². The Hall–Kier alpha value is -1.18. The molecule has 3 rings (SSSR count). The van der Waals surface area contributed by atoms with E-state index in [0.29, 0.717) is 5.92 Å². The maximum Gasteiger partial charge on any atom is 0.134 e. The topological polar surface area (TPSA) is 52.5 Å². The Morgan fingerprint density at radius 1 is 1.43 bits per heavy atom. The first-order valence-electron chi connectivity index (χ1n) is 7.77. The molecule has 2 aromatic rings. The molecule has 23 heavy (non-hydrogen) atoms. The van der Waals surface area contributed by atoms with Gasteiger partial charge in [0.15, 0.2) is 0 Å². The summed E-state index contributed by atoms with van der Waals surface area (Å²) in [5.41, 5.74) is 1.27. The van der Waals surface area contributed by atoms with Crippen LogP contribution in [0, 0.1) is 5.92 Å². The van der Waals surface area contributed by atoms with Gasteiger partial charge in [0.1, 0.15) is 18.0 Å². The fourth-order valence-electron chi connectivity index (χ4n) is 2.92. The van der Waals surface area contributed by atoms with Gasteiger partial charge in [-0.25, -0.2) is 9.97 Å². The van der Waals surface area contributed by atoms with E-state index in [2.05, 4.69) is 47.1 Å². The van der Waals surface area contributed by atoms with E-state index in [1.807, 2.05) is 13.1 Å². The monoisotopic (exact) mass is 396 g/mol. The minimum atomic E-state index is 0.251. The van der Waals surface area contributed by atoms with Crippen molar-refractivity contribution in [1.29, 1.82) is 0 Å². The number of thiophene rings is 1. The van der Waals surface area contributed by atoms with Crippen LogP contribution in [0.1, 0.15) is 18.4 Å². The number of piperidine rings is 1. The number of aliphatic hydroxyl groups is 1. The number of halogens is 1. The number of nitrogens with zero attached hydrogens (tertiary/aromatic N) is 4. The number of aromatic nitrogens is 2. The third-order valence-electron chi connectivity index (χ3n) is 4.17. The largest absolute Gasteiger partial charge is 0.396 e. The van der Waals surface area contributed by atoms with Crippen LogP contribution in [-0.4, -0.2) is 41.8 Å². The zero-order chi connectivity index (χ0) is 16.2. The Morgan fingerprint density at radius 3 is 3.04 bits per heavy atom. The fraction of sp³-hybridized carbons (Fsp3) is 0.500. The van der Waals surface area contributed by atoms with Gasteiger partial charge < -0.3 is 14.9 Å². The van der Waals surface area contributed by atoms with Crippen LogP contribution in [0.3, 0.4) is 0 Å². The summed E-state index contributed by atoms with van der Waals surface area (Å²) in [7, 11) is 2.05. The van der Waals surface area contributed by atoms with Crippen LogP contribution in [0.15, 0.2) is 27.6 Å². The molecule has 0 amide bonds. The predicted molar refractivity (Wildman–Crippen MR) is 98.2 cm³/mol. The second kappa shape index (κ2) is 7.59. The molecule has 1 atom stereocenters. The highest BCUT2D eigenvalue weighted by Crippen LogP contribution is 2.25. The Morgan fingerprint density at radius 2 is 2.30 bits per heavy atom. The second-order valence-electron chi connectivity index (χ2n) is 5.99. The molecule has 3 heterocycles. The molecule has 1 saturated heterocycles. The Balaban J connectivity index is 1.71. The van der Waals surface area contributed by atoms with Crippen molar-refractivity contribution in [3.8, 4) is 0 Å². The highest BCUT2D eigenvalue weighted by Gasteiger charge is 2.21. The van der Waals surface area contributed by atoms with Crippen molar-refractivity contribution in [2.45, 2.75) is 19.4 Å². The summed E-state index contributed by atoms with van der Waals surface area (Å²) in [4.78, 5) is 13.2. The van der Waals surface area contributed by atoms with E-state index in [-0.39, 0.29) is 6.61 Å². The number of hydrogen-bond donors (Lipinski definition) is 1. The first-order chi connectivity index (χ1) is 11.2. The third-order valence-corrected chi connectivity index (χ3v) is 5.73. The summed E-state index contributed by atoms with van der Waals surface area (Å²) >= 11 is 5.20. The number of rotatable bonds is 5. The van der Waals surface area contributed by atoms with Gasteiger partial charge in [-0.05, 0) is 51.7 Å². The smallest absolute Gasteiger partial charge is 0.134 e. The number of anilines is 2. The molecule has 0 aliphatic carbocycles. The molecule has 7 heteroatoms. The first-order valence-corrected chi connectivity index (χ1v) is 9.45. The van der Waals surface area contributed by atoms with Gasteiger partial charge in [0.05, 0.1) is 3.79 Å². The van der Waals surface area contributed by atoms with E-state index in [4.69, 9.17) is 0 Å². The summed E-state index contributed by atoms with van der Waals surface area (Å²) in [6, 6.07) is 4.18. The van der Waals surface area contributed by atoms with Crippen molar-refractivity contribution in [3.05, 3.63) is 33.2 Å². The lowest BCUT2D eigenvalue weighted by atomic mass is 9.99. The van der Waals surface area contributed by atoms with Crippen molar-refractivity contribution >= 4 is 38.9 Å². The molecule has 1 aliphatic rings. The molecule has 5 nitrogen and oxygen atoms in total. The molecular weight excluding hydrogens is 376 g/mol. The predicted octanol–water partition coefficient (Wildman–Crippen LogP) is 3.15. The molecule has 0 saturated carbocycles. The lowest BCUT2D eigenvalue weighted by molar-refractivity contribution is 0.208. The van der Waals surface area contributed by atoms with E-state index >= 15 is 0 Å². The number of hydrogen-bond acceptors (Lipinski definition) is 6. The van der Waals surface area contributed by atoms with Gasteiger partial charge in [0.25, 0.3) is 0 Å². The van der Waals surface area contributed by atoms with E-state index < -0.39 is 0 Å². The SMILES string of the molecule is CN(Cc1csc(Br)c1)c1cc(N2CCCC(CO)C2)ncn1. The molecule has 0 bridgehead atoms. The Labute approximate surface area is 149 Å². The van der Waals surface area contributed by atoms with E-state index in [9.17, 15) is 5.11 Å². The van der Waals surface area contributed by atoms with Crippen LogP contribution in [0.5, 0.6) is 0 Å². The van der Waals surface area contributed by atoms with Crippen molar-refractivity contribution in [2.75, 3.05) is 36.5 Å². The lowest BCUT2D eigenvalue weighted by Crippen LogP contribution is -2.37. The summed E-state index contributed by atoms with van der Waals surface area (Å²) in [5.74, 6) is 2.22. The summed E-state index contributed by atoms with van der Waals surface area (Å²) in [6.07, 6.45) is 3.83. The lowest BCUT2D eigenvalue weighted by Gasteiger charge is -2.33. The summed E-state index contributed by atoms with van der Waals surface area (Å²) < 4.78 is 1.15. The van der Waals surface area contributed by atoms with Gasteiger partial charge >= 0.3 is 0 Å². The maximum absolute atomic E-state index is 9.39. The first kappa shape index (κ1) is 16.7. The summed E-state index contributed by atoms with van der Waals surface area (Å²) in [6.45, 7) is 2.93. The van der Waals surface area contributed by atoms with E-state index in [0.717, 1.165) is 47.9 Å². The van der Waals surface area contributed by atoms with Gasteiger partial charge in [-0.2, -0.15) is 0 Å². The van der Waals surface area contributed by atoms with Crippen LogP contribution in [-0.2, 0) is 6.54 Å². The van der Waals surface area contributed by atoms with Crippen LogP contribution in [0.2, 0.25) is 0 Å². The molecule has 124 valence electrons. The molecule has 1 aliphatic heterocycles. The standard InChI is InChI=1S/C16H21BrN4OS/c1-20(7-13-5-14(17)23-10-13)15-6-16(19-11-18-15)21-4-2-3-12(8-21)9-22/h5-6,10-12,22H,2-4,7-9H2,1H3. The van der Waals surface area contributed by atoms with E-state index in [1.165, 1.54) is 5.56 Å². The Bertz CT molecular complexity index is 651. The van der Waals surface area contributed by atoms with Crippen molar-refractivity contribution in [1.82, 2.24) is 9.97 Å². The zero-order valence-electron chi connectivity index (χ0n) is 13.2.